The van der Waals surface area contributed by atoms with Crippen LogP contribution in [0.2, 0.25) is 0 Å². The molecule has 16 heavy (non-hydrogen) atoms. The van der Waals surface area contributed by atoms with Crippen LogP contribution in [-0.4, -0.2) is 0 Å². The fourth-order valence-electron chi connectivity index (χ4n) is 2.76. The highest BCUT2D eigenvalue weighted by molar-refractivity contribution is 5.29. The summed E-state index contributed by atoms with van der Waals surface area (Å²) in [5.74, 6) is 0.503. The second kappa shape index (κ2) is 4.17. The average molecular weight is 221 g/mol. The first-order valence-electron chi connectivity index (χ1n) is 6.07. The molecule has 1 saturated carbocycles. The van der Waals surface area contributed by atoms with Gasteiger partial charge in [0.25, 0.3) is 0 Å². The Morgan fingerprint density at radius 1 is 1.44 bits per heavy atom. The van der Waals surface area contributed by atoms with Crippen molar-refractivity contribution >= 4 is 0 Å². The number of nitrogens with two attached hydrogens (primary N) is 1. The fourth-order valence-corrected chi connectivity index (χ4v) is 2.76. The van der Waals surface area contributed by atoms with Crippen molar-refractivity contribution in [2.45, 2.75) is 45.1 Å². The first kappa shape index (κ1) is 11.6. The standard InChI is InChI=1S/C14H20FN/c1-10-4-3-7-14(16,9-10)12-6-5-11(2)13(15)8-12/h5-6,8,10H,3-4,7,9,16H2,1-2H3. The lowest BCUT2D eigenvalue weighted by Crippen LogP contribution is -2.41. The topological polar surface area (TPSA) is 26.0 Å². The molecular formula is C14H20FN. The van der Waals surface area contributed by atoms with Crippen molar-refractivity contribution in [3.8, 4) is 0 Å². The minimum Gasteiger partial charge on any atom is -0.321 e. The van der Waals surface area contributed by atoms with E-state index in [-0.39, 0.29) is 11.4 Å². The highest BCUT2D eigenvalue weighted by atomic mass is 19.1. The predicted molar refractivity (Wildman–Crippen MR) is 64.6 cm³/mol. The van der Waals surface area contributed by atoms with Crippen molar-refractivity contribution in [3.05, 3.63) is 35.1 Å². The third kappa shape index (κ3) is 2.12. The van der Waals surface area contributed by atoms with Crippen LogP contribution in [0.5, 0.6) is 0 Å². The average Bonchev–Trinajstić information content (AvgIpc) is 2.21. The third-order valence-electron chi connectivity index (χ3n) is 3.78. The molecule has 0 radical (unpaired) electrons. The van der Waals surface area contributed by atoms with Gasteiger partial charge in [0.1, 0.15) is 5.82 Å². The Balaban J connectivity index is 2.31. The SMILES string of the molecule is Cc1ccc(C2(N)CCCC(C)C2)cc1F. The van der Waals surface area contributed by atoms with Crippen molar-refractivity contribution in [3.63, 3.8) is 0 Å². The fraction of sp³-hybridized carbons (Fsp3) is 0.571. The van der Waals surface area contributed by atoms with Gasteiger partial charge in [-0.05, 0) is 42.9 Å². The van der Waals surface area contributed by atoms with Gasteiger partial charge < -0.3 is 5.73 Å². The number of hydrogen-bond acceptors (Lipinski definition) is 1. The van der Waals surface area contributed by atoms with Crippen LogP contribution in [0.1, 0.15) is 43.7 Å². The Kier molecular flexibility index (Phi) is 3.02. The van der Waals surface area contributed by atoms with Crippen molar-refractivity contribution < 1.29 is 4.39 Å². The molecule has 2 atom stereocenters. The van der Waals surface area contributed by atoms with Crippen LogP contribution in [0.15, 0.2) is 18.2 Å². The van der Waals surface area contributed by atoms with E-state index in [4.69, 9.17) is 5.73 Å². The molecule has 0 saturated heterocycles. The van der Waals surface area contributed by atoms with E-state index in [1.807, 2.05) is 12.1 Å². The van der Waals surface area contributed by atoms with E-state index in [1.165, 1.54) is 6.42 Å². The van der Waals surface area contributed by atoms with Gasteiger partial charge >= 0.3 is 0 Å². The Bertz CT molecular complexity index is 388. The van der Waals surface area contributed by atoms with Gasteiger partial charge in [0, 0.05) is 5.54 Å². The van der Waals surface area contributed by atoms with Crippen LogP contribution < -0.4 is 5.73 Å². The van der Waals surface area contributed by atoms with E-state index in [0.29, 0.717) is 11.5 Å². The smallest absolute Gasteiger partial charge is 0.126 e. The molecule has 1 aromatic rings. The molecule has 2 N–H and O–H groups in total. The summed E-state index contributed by atoms with van der Waals surface area (Å²) in [4.78, 5) is 0. The molecule has 0 aromatic heterocycles. The summed E-state index contributed by atoms with van der Waals surface area (Å²) < 4.78 is 13.5. The number of benzene rings is 1. The molecule has 1 aliphatic rings. The first-order chi connectivity index (χ1) is 7.51. The quantitative estimate of drug-likeness (QED) is 0.771. The summed E-state index contributed by atoms with van der Waals surface area (Å²) in [6, 6.07) is 5.43. The normalized spacial score (nSPS) is 30.4. The van der Waals surface area contributed by atoms with Gasteiger partial charge in [0.2, 0.25) is 0 Å². The summed E-state index contributed by atoms with van der Waals surface area (Å²) in [5, 5.41) is 0. The largest absolute Gasteiger partial charge is 0.321 e. The van der Waals surface area contributed by atoms with E-state index in [2.05, 4.69) is 6.92 Å². The zero-order valence-corrected chi connectivity index (χ0v) is 10.1. The molecule has 1 aromatic carbocycles. The molecule has 88 valence electrons. The molecule has 2 unspecified atom stereocenters. The first-order valence-corrected chi connectivity index (χ1v) is 6.07. The van der Waals surface area contributed by atoms with Crippen molar-refractivity contribution in [2.75, 3.05) is 0 Å². The maximum atomic E-state index is 13.5. The summed E-state index contributed by atoms with van der Waals surface area (Å²) in [7, 11) is 0. The van der Waals surface area contributed by atoms with Gasteiger partial charge in [0.15, 0.2) is 0 Å². The number of halogens is 1. The van der Waals surface area contributed by atoms with Gasteiger partial charge in [0.05, 0.1) is 0 Å². The second-order valence-electron chi connectivity index (χ2n) is 5.32. The highest BCUT2D eigenvalue weighted by Gasteiger charge is 2.32. The summed E-state index contributed by atoms with van der Waals surface area (Å²) in [6.45, 7) is 4.01. The van der Waals surface area contributed by atoms with Gasteiger partial charge in [-0.15, -0.1) is 0 Å². The van der Waals surface area contributed by atoms with Gasteiger partial charge in [-0.2, -0.15) is 0 Å². The van der Waals surface area contributed by atoms with Crippen LogP contribution in [0.4, 0.5) is 4.39 Å². The lowest BCUT2D eigenvalue weighted by molar-refractivity contribution is 0.238. The zero-order chi connectivity index (χ0) is 11.8. The highest BCUT2D eigenvalue weighted by Crippen LogP contribution is 2.38. The van der Waals surface area contributed by atoms with E-state index in [9.17, 15) is 4.39 Å². The molecular weight excluding hydrogens is 201 g/mol. The lowest BCUT2D eigenvalue weighted by atomic mass is 9.73. The molecule has 0 spiro atoms. The maximum absolute atomic E-state index is 13.5. The van der Waals surface area contributed by atoms with Crippen LogP contribution in [0, 0.1) is 18.7 Å². The van der Waals surface area contributed by atoms with Crippen LogP contribution in [0.3, 0.4) is 0 Å². The van der Waals surface area contributed by atoms with Gasteiger partial charge in [-0.1, -0.05) is 31.9 Å². The predicted octanol–water partition coefficient (Wildman–Crippen LogP) is 3.50. The molecule has 1 nitrogen and oxygen atoms in total. The van der Waals surface area contributed by atoms with Crippen molar-refractivity contribution in [2.24, 2.45) is 11.7 Å². The molecule has 1 aliphatic carbocycles. The number of hydrogen-bond donors (Lipinski definition) is 1. The minimum absolute atomic E-state index is 0.138. The van der Waals surface area contributed by atoms with Crippen LogP contribution in [0.25, 0.3) is 0 Å². The van der Waals surface area contributed by atoms with E-state index in [1.54, 1.807) is 13.0 Å². The zero-order valence-electron chi connectivity index (χ0n) is 10.1. The molecule has 2 heteroatoms. The Labute approximate surface area is 96.9 Å². The van der Waals surface area contributed by atoms with E-state index >= 15 is 0 Å². The third-order valence-corrected chi connectivity index (χ3v) is 3.78. The summed E-state index contributed by atoms with van der Waals surface area (Å²) in [5.41, 5.74) is 7.76. The Morgan fingerprint density at radius 2 is 2.19 bits per heavy atom. The lowest BCUT2D eigenvalue weighted by Gasteiger charge is -2.37. The van der Waals surface area contributed by atoms with Gasteiger partial charge in [-0.25, -0.2) is 4.39 Å². The second-order valence-corrected chi connectivity index (χ2v) is 5.32. The van der Waals surface area contributed by atoms with Crippen LogP contribution in [-0.2, 0) is 5.54 Å². The number of rotatable bonds is 1. The molecule has 0 amide bonds. The number of aryl methyl sites for hydroxylation is 1. The summed E-state index contributed by atoms with van der Waals surface area (Å²) in [6.07, 6.45) is 4.33. The van der Waals surface area contributed by atoms with Crippen molar-refractivity contribution in [1.29, 1.82) is 0 Å². The minimum atomic E-state index is -0.313. The molecule has 0 bridgehead atoms. The van der Waals surface area contributed by atoms with Gasteiger partial charge in [-0.3, -0.25) is 0 Å². The molecule has 0 heterocycles. The summed E-state index contributed by atoms with van der Waals surface area (Å²) >= 11 is 0. The van der Waals surface area contributed by atoms with E-state index < -0.39 is 0 Å². The molecule has 2 rings (SSSR count). The van der Waals surface area contributed by atoms with Crippen molar-refractivity contribution in [1.82, 2.24) is 0 Å². The molecule has 0 aliphatic heterocycles. The maximum Gasteiger partial charge on any atom is 0.126 e. The van der Waals surface area contributed by atoms with Crippen LogP contribution >= 0.6 is 0 Å². The van der Waals surface area contributed by atoms with E-state index in [0.717, 1.165) is 24.8 Å². The monoisotopic (exact) mass is 221 g/mol. The Hall–Kier alpha value is -0.890. The Morgan fingerprint density at radius 3 is 2.81 bits per heavy atom. The molecule has 1 fully saturated rings.